The number of ether oxygens (including phenoxy) is 2. The zero-order valence-electron chi connectivity index (χ0n) is 22.0. The van der Waals surface area contributed by atoms with Gasteiger partial charge in [-0.25, -0.2) is 0 Å². The molecule has 1 aliphatic heterocycles. The average molecular weight is 472 g/mol. The number of hydrogen-bond donors (Lipinski definition) is 2. The Morgan fingerprint density at radius 3 is 1.82 bits per heavy atom. The predicted octanol–water partition coefficient (Wildman–Crippen LogP) is 5.09. The molecule has 0 aliphatic carbocycles. The second kappa shape index (κ2) is 22.3. The Kier molecular flexibility index (Phi) is 20.8. The standard InChI is InChI=1S/C26H54BNO5/c1-4-7-10-11-13-24(22-30-18-8-5-2)26(27-32-20-15-28-16-21-33-27)25(14-12-17-29)23-31-19-9-6-3/h24-26,28-29H,4-23H2,1-3H3. The summed E-state index contributed by atoms with van der Waals surface area (Å²) in [5.41, 5.74) is 0. The van der Waals surface area contributed by atoms with Crippen molar-refractivity contribution in [2.75, 3.05) is 59.3 Å². The van der Waals surface area contributed by atoms with Crippen LogP contribution in [0.2, 0.25) is 5.82 Å². The zero-order valence-corrected chi connectivity index (χ0v) is 22.0. The number of aliphatic hydroxyl groups is 1. The van der Waals surface area contributed by atoms with E-state index in [4.69, 9.17) is 18.8 Å². The first-order chi connectivity index (χ1) is 16.3. The van der Waals surface area contributed by atoms with Gasteiger partial charge in [-0.1, -0.05) is 59.3 Å². The molecule has 0 aromatic heterocycles. The summed E-state index contributed by atoms with van der Waals surface area (Å²) in [5, 5.41) is 13.0. The molecule has 1 rings (SSSR count). The maximum atomic E-state index is 9.60. The van der Waals surface area contributed by atoms with Gasteiger partial charge in [0.05, 0.1) is 0 Å². The van der Waals surface area contributed by atoms with Gasteiger partial charge < -0.3 is 29.2 Å². The highest BCUT2D eigenvalue weighted by Crippen LogP contribution is 2.38. The first kappa shape index (κ1) is 30.9. The number of hydrogen-bond acceptors (Lipinski definition) is 6. The predicted molar refractivity (Wildman–Crippen MR) is 138 cm³/mol. The molecule has 0 aromatic rings. The fraction of sp³-hybridized carbons (Fsp3) is 1.00. The van der Waals surface area contributed by atoms with E-state index in [1.165, 1.54) is 25.7 Å². The minimum absolute atomic E-state index is 0.208. The molecule has 2 N–H and O–H groups in total. The van der Waals surface area contributed by atoms with Crippen LogP contribution in [0.5, 0.6) is 0 Å². The van der Waals surface area contributed by atoms with E-state index < -0.39 is 0 Å². The Balaban J connectivity index is 3.03. The van der Waals surface area contributed by atoms with E-state index in [1.807, 2.05) is 0 Å². The number of aliphatic hydroxyl groups excluding tert-OH is 1. The van der Waals surface area contributed by atoms with Gasteiger partial charge >= 0.3 is 7.12 Å². The highest BCUT2D eigenvalue weighted by molar-refractivity contribution is 6.46. The molecule has 33 heavy (non-hydrogen) atoms. The molecule has 3 unspecified atom stereocenters. The maximum Gasteiger partial charge on any atom is 0.461 e. The van der Waals surface area contributed by atoms with Crippen molar-refractivity contribution in [2.24, 2.45) is 11.8 Å². The second-order valence-corrected chi connectivity index (χ2v) is 9.53. The van der Waals surface area contributed by atoms with Crippen LogP contribution in [0.1, 0.15) is 91.4 Å². The Labute approximate surface area is 205 Å². The summed E-state index contributed by atoms with van der Waals surface area (Å²) in [6, 6.07) is 0. The zero-order chi connectivity index (χ0) is 24.0. The Morgan fingerprint density at radius 2 is 1.30 bits per heavy atom. The largest absolute Gasteiger partial charge is 0.461 e. The van der Waals surface area contributed by atoms with Gasteiger partial charge in [0.25, 0.3) is 0 Å². The van der Waals surface area contributed by atoms with Crippen molar-refractivity contribution in [3.8, 4) is 0 Å². The molecule has 7 heteroatoms. The van der Waals surface area contributed by atoms with E-state index in [0.717, 1.165) is 77.9 Å². The van der Waals surface area contributed by atoms with Crippen LogP contribution in [-0.4, -0.2) is 71.6 Å². The van der Waals surface area contributed by atoms with Crippen LogP contribution >= 0.6 is 0 Å². The van der Waals surface area contributed by atoms with Crippen molar-refractivity contribution in [3.63, 3.8) is 0 Å². The molecule has 0 radical (unpaired) electrons. The van der Waals surface area contributed by atoms with Gasteiger partial charge in [-0.3, -0.25) is 0 Å². The first-order valence-electron chi connectivity index (χ1n) is 14.0. The molecule has 3 atom stereocenters. The number of rotatable bonds is 21. The summed E-state index contributed by atoms with van der Waals surface area (Å²) in [6.07, 6.45) is 12.3. The SMILES string of the molecule is CCCCCCC(COCCCC)C(B1OCCNCCO1)C(CCCO)COCCCC. The fourth-order valence-electron chi connectivity index (χ4n) is 4.64. The lowest BCUT2D eigenvalue weighted by Gasteiger charge is -2.37. The Morgan fingerprint density at radius 1 is 0.758 bits per heavy atom. The van der Waals surface area contributed by atoms with E-state index in [0.29, 0.717) is 25.7 Å². The monoisotopic (exact) mass is 471 g/mol. The van der Waals surface area contributed by atoms with E-state index in [-0.39, 0.29) is 25.5 Å². The molecule has 196 valence electrons. The summed E-state index contributed by atoms with van der Waals surface area (Å²) < 4.78 is 25.0. The molecule has 0 bridgehead atoms. The number of nitrogens with one attached hydrogen (secondary N) is 1. The van der Waals surface area contributed by atoms with Crippen LogP contribution in [0, 0.1) is 11.8 Å². The van der Waals surface area contributed by atoms with Crippen molar-refractivity contribution in [3.05, 3.63) is 0 Å². The molecule has 1 fully saturated rings. The lowest BCUT2D eigenvalue weighted by molar-refractivity contribution is 0.0397. The third-order valence-corrected chi connectivity index (χ3v) is 6.63. The lowest BCUT2D eigenvalue weighted by atomic mass is 9.57. The van der Waals surface area contributed by atoms with E-state index >= 15 is 0 Å². The molecular weight excluding hydrogens is 417 g/mol. The van der Waals surface area contributed by atoms with Crippen LogP contribution in [0.4, 0.5) is 0 Å². The summed E-state index contributed by atoms with van der Waals surface area (Å²) in [7, 11) is -0.239. The molecular formula is C26H54BNO5. The normalized spacial score (nSPS) is 18.0. The molecule has 1 heterocycles. The van der Waals surface area contributed by atoms with Gasteiger partial charge in [0.1, 0.15) is 0 Å². The molecule has 6 nitrogen and oxygen atoms in total. The minimum atomic E-state index is -0.239. The van der Waals surface area contributed by atoms with Crippen molar-refractivity contribution in [2.45, 2.75) is 97.2 Å². The molecule has 0 spiro atoms. The smallest absolute Gasteiger partial charge is 0.410 e. The second-order valence-electron chi connectivity index (χ2n) is 9.53. The van der Waals surface area contributed by atoms with Crippen molar-refractivity contribution in [1.82, 2.24) is 5.32 Å². The minimum Gasteiger partial charge on any atom is -0.410 e. The van der Waals surface area contributed by atoms with Crippen LogP contribution in [0.15, 0.2) is 0 Å². The van der Waals surface area contributed by atoms with Crippen LogP contribution in [0.25, 0.3) is 0 Å². The highest BCUT2D eigenvalue weighted by Gasteiger charge is 2.42. The quantitative estimate of drug-likeness (QED) is 0.180. The molecule has 0 aromatic carbocycles. The van der Waals surface area contributed by atoms with Gasteiger partial charge in [0, 0.05) is 65.2 Å². The van der Waals surface area contributed by atoms with Gasteiger partial charge in [-0.15, -0.1) is 0 Å². The fourth-order valence-corrected chi connectivity index (χ4v) is 4.64. The van der Waals surface area contributed by atoms with Crippen LogP contribution in [-0.2, 0) is 18.8 Å². The summed E-state index contributed by atoms with van der Waals surface area (Å²) >= 11 is 0. The van der Waals surface area contributed by atoms with Crippen LogP contribution in [0.3, 0.4) is 0 Å². The summed E-state index contributed by atoms with van der Waals surface area (Å²) in [6.45, 7) is 13.0. The number of unbranched alkanes of at least 4 members (excludes halogenated alkanes) is 5. The third kappa shape index (κ3) is 14.7. The van der Waals surface area contributed by atoms with E-state index in [2.05, 4.69) is 26.1 Å². The van der Waals surface area contributed by atoms with Crippen molar-refractivity contribution in [1.29, 1.82) is 0 Å². The van der Waals surface area contributed by atoms with Crippen molar-refractivity contribution < 1.29 is 23.9 Å². The average Bonchev–Trinajstić information content (AvgIpc) is 2.80. The molecule has 1 saturated heterocycles. The molecule has 1 aliphatic rings. The lowest BCUT2D eigenvalue weighted by Crippen LogP contribution is -2.44. The van der Waals surface area contributed by atoms with Gasteiger partial charge in [0.15, 0.2) is 0 Å². The van der Waals surface area contributed by atoms with Gasteiger partial charge in [0.2, 0.25) is 0 Å². The highest BCUT2D eigenvalue weighted by atomic mass is 16.6. The first-order valence-corrected chi connectivity index (χ1v) is 14.0. The molecule has 0 amide bonds. The summed E-state index contributed by atoms with van der Waals surface area (Å²) in [5.74, 6) is 0.867. The Hall–Kier alpha value is -0.175. The van der Waals surface area contributed by atoms with E-state index in [9.17, 15) is 5.11 Å². The maximum absolute atomic E-state index is 9.60. The Bertz CT molecular complexity index is 398. The van der Waals surface area contributed by atoms with Gasteiger partial charge in [-0.05, 0) is 43.9 Å². The van der Waals surface area contributed by atoms with Crippen LogP contribution < -0.4 is 5.32 Å². The van der Waals surface area contributed by atoms with Gasteiger partial charge in [-0.2, -0.15) is 0 Å². The third-order valence-electron chi connectivity index (χ3n) is 6.63. The van der Waals surface area contributed by atoms with E-state index in [1.54, 1.807) is 0 Å². The molecule has 0 saturated carbocycles. The van der Waals surface area contributed by atoms with Crippen molar-refractivity contribution >= 4 is 7.12 Å². The summed E-state index contributed by atoms with van der Waals surface area (Å²) in [4.78, 5) is 0. The topological polar surface area (TPSA) is 69.2 Å².